The predicted octanol–water partition coefficient (Wildman–Crippen LogP) is 4.86. The second-order valence-corrected chi connectivity index (χ2v) is 7.64. The molecule has 0 atom stereocenters. The van der Waals surface area contributed by atoms with E-state index in [0.29, 0.717) is 34.3 Å². The summed E-state index contributed by atoms with van der Waals surface area (Å²) in [6, 6.07) is 21.3. The Morgan fingerprint density at radius 1 is 0.861 bits per heavy atom. The van der Waals surface area contributed by atoms with Gasteiger partial charge >= 0.3 is 0 Å². The highest BCUT2D eigenvalue weighted by molar-refractivity contribution is 6.07. The standard InChI is InChI=1S/C27H25N3O6/c1-33-16-23(31)28-19-11-9-17(10-12-19)25-24(30-27(36-25)18-7-5-4-6-8-18)26(32)29-21-15-20(34-2)13-14-22(21)35-3/h4-15H,16H2,1-3H3,(H,28,31)(H,29,32). The summed E-state index contributed by atoms with van der Waals surface area (Å²) in [5.41, 5.74) is 2.43. The van der Waals surface area contributed by atoms with E-state index in [1.165, 1.54) is 21.3 Å². The Bertz CT molecular complexity index is 1350. The molecule has 0 aliphatic heterocycles. The van der Waals surface area contributed by atoms with Crippen LogP contribution in [0, 0.1) is 0 Å². The number of amides is 2. The normalized spacial score (nSPS) is 10.5. The molecule has 3 aromatic carbocycles. The highest BCUT2D eigenvalue weighted by Gasteiger charge is 2.23. The van der Waals surface area contributed by atoms with Crippen LogP contribution in [0.5, 0.6) is 11.5 Å². The molecule has 4 rings (SSSR count). The first-order chi connectivity index (χ1) is 17.5. The zero-order valence-corrected chi connectivity index (χ0v) is 20.0. The van der Waals surface area contributed by atoms with E-state index in [4.69, 9.17) is 18.6 Å². The molecular weight excluding hydrogens is 462 g/mol. The van der Waals surface area contributed by atoms with Crippen molar-refractivity contribution in [3.63, 3.8) is 0 Å². The Morgan fingerprint density at radius 2 is 1.61 bits per heavy atom. The number of anilines is 2. The number of nitrogens with zero attached hydrogens (tertiary/aromatic N) is 1. The minimum atomic E-state index is -0.486. The number of benzene rings is 3. The van der Waals surface area contributed by atoms with Gasteiger partial charge in [-0.1, -0.05) is 18.2 Å². The molecule has 0 fully saturated rings. The van der Waals surface area contributed by atoms with Crippen LogP contribution in [-0.2, 0) is 9.53 Å². The Balaban J connectivity index is 1.70. The van der Waals surface area contributed by atoms with Gasteiger partial charge in [0.2, 0.25) is 11.8 Å². The lowest BCUT2D eigenvalue weighted by atomic mass is 10.1. The maximum Gasteiger partial charge on any atom is 0.278 e. The first kappa shape index (κ1) is 24.5. The van der Waals surface area contributed by atoms with Crippen LogP contribution in [0.2, 0.25) is 0 Å². The fourth-order valence-corrected chi connectivity index (χ4v) is 3.50. The number of carbonyl (C=O) groups excluding carboxylic acids is 2. The zero-order valence-electron chi connectivity index (χ0n) is 20.0. The second kappa shape index (κ2) is 11.2. The summed E-state index contributed by atoms with van der Waals surface area (Å²) in [4.78, 5) is 29.7. The fourth-order valence-electron chi connectivity index (χ4n) is 3.50. The van der Waals surface area contributed by atoms with Crippen LogP contribution < -0.4 is 20.1 Å². The average Bonchev–Trinajstić information content (AvgIpc) is 3.35. The van der Waals surface area contributed by atoms with Gasteiger partial charge in [0.15, 0.2) is 11.5 Å². The smallest absolute Gasteiger partial charge is 0.278 e. The van der Waals surface area contributed by atoms with E-state index in [1.54, 1.807) is 42.5 Å². The van der Waals surface area contributed by atoms with Crippen LogP contribution in [0.4, 0.5) is 11.4 Å². The van der Waals surface area contributed by atoms with Crippen molar-refractivity contribution in [2.24, 2.45) is 0 Å². The van der Waals surface area contributed by atoms with E-state index in [1.807, 2.05) is 30.3 Å². The van der Waals surface area contributed by atoms with Crippen LogP contribution in [-0.4, -0.2) is 44.7 Å². The molecule has 0 radical (unpaired) electrons. The molecule has 1 heterocycles. The molecule has 184 valence electrons. The SMILES string of the molecule is COCC(=O)Nc1ccc(-c2oc(-c3ccccc3)nc2C(=O)Nc2cc(OC)ccc2OC)cc1. The quantitative estimate of drug-likeness (QED) is 0.347. The third-order valence-corrected chi connectivity index (χ3v) is 5.22. The molecule has 2 N–H and O–H groups in total. The summed E-state index contributed by atoms with van der Waals surface area (Å²) in [5, 5.41) is 5.57. The Hall–Kier alpha value is -4.63. The van der Waals surface area contributed by atoms with Crippen LogP contribution in [0.25, 0.3) is 22.8 Å². The zero-order chi connectivity index (χ0) is 25.5. The molecule has 0 saturated heterocycles. The molecule has 0 bridgehead atoms. The lowest BCUT2D eigenvalue weighted by Crippen LogP contribution is -2.17. The van der Waals surface area contributed by atoms with Crippen molar-refractivity contribution in [1.29, 1.82) is 0 Å². The van der Waals surface area contributed by atoms with Gasteiger partial charge in [-0.25, -0.2) is 4.98 Å². The van der Waals surface area contributed by atoms with Gasteiger partial charge < -0.3 is 29.3 Å². The number of aromatic nitrogens is 1. The summed E-state index contributed by atoms with van der Waals surface area (Å²) in [6.45, 7) is -0.0532. The maximum absolute atomic E-state index is 13.4. The molecule has 0 saturated carbocycles. The molecule has 0 spiro atoms. The summed E-state index contributed by atoms with van der Waals surface area (Å²) in [5.74, 6) is 0.841. The summed E-state index contributed by atoms with van der Waals surface area (Å²) in [7, 11) is 4.50. The predicted molar refractivity (Wildman–Crippen MR) is 135 cm³/mol. The van der Waals surface area contributed by atoms with Gasteiger partial charge in [0.05, 0.1) is 19.9 Å². The molecule has 9 heteroatoms. The van der Waals surface area contributed by atoms with Gasteiger partial charge in [0, 0.05) is 30.0 Å². The molecule has 2 amide bonds. The van der Waals surface area contributed by atoms with Gasteiger partial charge in [-0.15, -0.1) is 0 Å². The largest absolute Gasteiger partial charge is 0.497 e. The topological polar surface area (TPSA) is 112 Å². The number of hydrogen-bond acceptors (Lipinski definition) is 7. The Labute approximate surface area is 208 Å². The number of carbonyl (C=O) groups is 2. The van der Waals surface area contributed by atoms with Crippen LogP contribution in [0.3, 0.4) is 0 Å². The monoisotopic (exact) mass is 487 g/mol. The molecule has 9 nitrogen and oxygen atoms in total. The number of oxazole rings is 1. The van der Waals surface area contributed by atoms with E-state index in [0.717, 1.165) is 5.56 Å². The molecule has 0 aliphatic carbocycles. The highest BCUT2D eigenvalue weighted by Crippen LogP contribution is 2.33. The first-order valence-electron chi connectivity index (χ1n) is 11.0. The van der Waals surface area contributed by atoms with Crippen molar-refractivity contribution in [3.8, 4) is 34.3 Å². The van der Waals surface area contributed by atoms with Gasteiger partial charge in [-0.05, 0) is 48.5 Å². The summed E-state index contributed by atoms with van der Waals surface area (Å²) in [6.07, 6.45) is 0. The van der Waals surface area contributed by atoms with Crippen molar-refractivity contribution in [1.82, 2.24) is 4.98 Å². The van der Waals surface area contributed by atoms with Gasteiger partial charge in [-0.3, -0.25) is 9.59 Å². The minimum Gasteiger partial charge on any atom is -0.497 e. The molecule has 0 aliphatic rings. The van der Waals surface area contributed by atoms with Gasteiger partial charge in [0.25, 0.3) is 5.91 Å². The van der Waals surface area contributed by atoms with E-state index in [-0.39, 0.29) is 24.0 Å². The molecule has 36 heavy (non-hydrogen) atoms. The van der Waals surface area contributed by atoms with Gasteiger partial charge in [-0.2, -0.15) is 0 Å². The Kier molecular flexibility index (Phi) is 7.62. The molecular formula is C27H25N3O6. The number of nitrogens with one attached hydrogen (secondary N) is 2. The average molecular weight is 488 g/mol. The number of rotatable bonds is 9. The van der Waals surface area contributed by atoms with Crippen molar-refractivity contribution < 1.29 is 28.2 Å². The number of ether oxygens (including phenoxy) is 3. The van der Waals surface area contributed by atoms with E-state index in [2.05, 4.69) is 15.6 Å². The number of hydrogen-bond donors (Lipinski definition) is 2. The van der Waals surface area contributed by atoms with E-state index >= 15 is 0 Å². The highest BCUT2D eigenvalue weighted by atomic mass is 16.5. The lowest BCUT2D eigenvalue weighted by molar-refractivity contribution is -0.119. The summed E-state index contributed by atoms with van der Waals surface area (Å²) < 4.78 is 21.6. The molecule has 4 aromatic rings. The maximum atomic E-state index is 13.4. The van der Waals surface area contributed by atoms with Crippen molar-refractivity contribution in [2.75, 3.05) is 38.6 Å². The van der Waals surface area contributed by atoms with E-state index in [9.17, 15) is 9.59 Å². The van der Waals surface area contributed by atoms with Crippen LogP contribution >= 0.6 is 0 Å². The van der Waals surface area contributed by atoms with Crippen molar-refractivity contribution >= 4 is 23.2 Å². The van der Waals surface area contributed by atoms with Crippen LogP contribution in [0.1, 0.15) is 10.5 Å². The first-order valence-corrected chi connectivity index (χ1v) is 11.0. The fraction of sp³-hybridized carbons (Fsp3) is 0.148. The lowest BCUT2D eigenvalue weighted by Gasteiger charge is -2.11. The van der Waals surface area contributed by atoms with Crippen molar-refractivity contribution in [3.05, 3.63) is 78.5 Å². The number of methoxy groups -OCH3 is 3. The van der Waals surface area contributed by atoms with E-state index < -0.39 is 5.91 Å². The second-order valence-electron chi connectivity index (χ2n) is 7.64. The third-order valence-electron chi connectivity index (χ3n) is 5.22. The molecule has 0 unspecified atom stereocenters. The van der Waals surface area contributed by atoms with Crippen molar-refractivity contribution in [2.45, 2.75) is 0 Å². The van der Waals surface area contributed by atoms with Gasteiger partial charge in [0.1, 0.15) is 18.1 Å². The third kappa shape index (κ3) is 5.53. The van der Waals surface area contributed by atoms with Crippen LogP contribution in [0.15, 0.2) is 77.2 Å². The summed E-state index contributed by atoms with van der Waals surface area (Å²) >= 11 is 0. The minimum absolute atomic E-state index is 0.0532. The molecule has 1 aromatic heterocycles. The Morgan fingerprint density at radius 3 is 2.28 bits per heavy atom.